The second-order valence-electron chi connectivity index (χ2n) is 7.56. The molecule has 1 unspecified atom stereocenters. The zero-order valence-corrected chi connectivity index (χ0v) is 14.8. The van der Waals surface area contributed by atoms with E-state index in [1.807, 2.05) is 0 Å². The van der Waals surface area contributed by atoms with E-state index in [0.717, 1.165) is 32.1 Å². The van der Waals surface area contributed by atoms with E-state index < -0.39 is 15.4 Å². The molecule has 0 aromatic rings. The average Bonchev–Trinajstić information content (AvgIpc) is 2.37. The summed E-state index contributed by atoms with van der Waals surface area (Å²) in [6.45, 7) is 4.65. The lowest BCUT2D eigenvalue weighted by atomic mass is 9.82. The lowest BCUT2D eigenvalue weighted by Gasteiger charge is -2.25. The van der Waals surface area contributed by atoms with Gasteiger partial charge in [-0.2, -0.15) is 8.42 Å². The Hall–Kier alpha value is -0.0900. The first-order chi connectivity index (χ1) is 9.81. The van der Waals surface area contributed by atoms with Gasteiger partial charge in [0.2, 0.25) is 0 Å². The van der Waals surface area contributed by atoms with Crippen molar-refractivity contribution in [3.8, 4) is 0 Å². The third-order valence-electron chi connectivity index (χ3n) is 4.93. The third kappa shape index (κ3) is 8.82. The molecule has 0 spiro atoms. The van der Waals surface area contributed by atoms with Crippen LogP contribution in [0.1, 0.15) is 97.3 Å². The normalized spacial score (nSPS) is 27.5. The van der Waals surface area contributed by atoms with Gasteiger partial charge in [0.25, 0.3) is 10.1 Å². The van der Waals surface area contributed by atoms with Crippen LogP contribution in [0.4, 0.5) is 0 Å². The molecule has 1 rings (SSSR count). The molecule has 1 aliphatic carbocycles. The van der Waals surface area contributed by atoms with Gasteiger partial charge < -0.3 is 0 Å². The molecule has 1 saturated carbocycles. The van der Waals surface area contributed by atoms with Crippen molar-refractivity contribution in [2.45, 2.75) is 103 Å². The highest BCUT2D eigenvalue weighted by Gasteiger charge is 2.23. The second kappa shape index (κ2) is 9.14. The van der Waals surface area contributed by atoms with E-state index in [-0.39, 0.29) is 0 Å². The summed E-state index contributed by atoms with van der Waals surface area (Å²) in [4.78, 5) is 0. The maximum Gasteiger partial charge on any atom is 0.267 e. The Kier molecular flexibility index (Phi) is 8.25. The Bertz CT molecular complexity index is 373. The van der Waals surface area contributed by atoms with Crippen LogP contribution in [0.25, 0.3) is 0 Å². The predicted octanol–water partition coefficient (Wildman–Crippen LogP) is 5.35. The Morgan fingerprint density at radius 2 is 1.14 bits per heavy atom. The van der Waals surface area contributed by atoms with Crippen LogP contribution in [0.2, 0.25) is 0 Å². The highest BCUT2D eigenvalue weighted by Crippen LogP contribution is 2.31. The summed E-state index contributed by atoms with van der Waals surface area (Å²) in [6.07, 6.45) is 14.1. The van der Waals surface area contributed by atoms with E-state index in [1.165, 1.54) is 38.5 Å². The van der Waals surface area contributed by atoms with E-state index >= 15 is 0 Å². The molecule has 0 bridgehead atoms. The van der Waals surface area contributed by atoms with Crippen molar-refractivity contribution >= 4 is 10.1 Å². The van der Waals surface area contributed by atoms with Crippen LogP contribution in [-0.4, -0.2) is 18.2 Å². The molecule has 3 nitrogen and oxygen atoms in total. The summed E-state index contributed by atoms with van der Waals surface area (Å²) >= 11 is 0. The van der Waals surface area contributed by atoms with Crippen molar-refractivity contribution in [3.63, 3.8) is 0 Å². The summed E-state index contributed by atoms with van der Waals surface area (Å²) in [7, 11) is -3.87. The lowest BCUT2D eigenvalue weighted by Crippen LogP contribution is -2.20. The van der Waals surface area contributed by atoms with Crippen molar-refractivity contribution in [2.75, 3.05) is 0 Å². The fourth-order valence-electron chi connectivity index (χ4n) is 3.40. The molecule has 0 amide bonds. The number of rotatable bonds is 1. The topological polar surface area (TPSA) is 54.4 Å². The van der Waals surface area contributed by atoms with E-state index in [0.29, 0.717) is 18.3 Å². The molecule has 0 aromatic heterocycles. The van der Waals surface area contributed by atoms with Gasteiger partial charge in [-0.25, -0.2) is 0 Å². The molecule has 126 valence electrons. The molecule has 4 heteroatoms. The largest absolute Gasteiger partial charge is 0.285 e. The first-order valence-electron chi connectivity index (χ1n) is 8.78. The molecule has 1 fully saturated rings. The van der Waals surface area contributed by atoms with Crippen molar-refractivity contribution in [1.82, 2.24) is 0 Å². The van der Waals surface area contributed by atoms with Crippen LogP contribution in [0.3, 0.4) is 0 Å². The number of hydrogen-bond donors (Lipinski definition) is 1. The summed E-state index contributed by atoms with van der Waals surface area (Å²) < 4.78 is 32.3. The van der Waals surface area contributed by atoms with E-state index in [2.05, 4.69) is 13.8 Å². The summed E-state index contributed by atoms with van der Waals surface area (Å²) in [5.41, 5.74) is 0.369. The van der Waals surface area contributed by atoms with Crippen molar-refractivity contribution in [2.24, 2.45) is 5.41 Å². The molecule has 21 heavy (non-hydrogen) atoms. The highest BCUT2D eigenvalue weighted by molar-refractivity contribution is 7.86. The summed E-state index contributed by atoms with van der Waals surface area (Å²) in [6, 6.07) is 0. The first kappa shape index (κ1) is 19.0. The molecule has 0 aromatic carbocycles. The van der Waals surface area contributed by atoms with Crippen LogP contribution < -0.4 is 0 Å². The van der Waals surface area contributed by atoms with Gasteiger partial charge in [-0.1, -0.05) is 71.6 Å². The van der Waals surface area contributed by atoms with Gasteiger partial charge in [-0.05, 0) is 31.1 Å². The molecule has 0 saturated heterocycles. The van der Waals surface area contributed by atoms with Gasteiger partial charge in [0.1, 0.15) is 0 Å². The molecular weight excluding hydrogens is 284 g/mol. The third-order valence-corrected chi connectivity index (χ3v) is 6.24. The molecule has 1 atom stereocenters. The van der Waals surface area contributed by atoms with Gasteiger partial charge in [-0.3, -0.25) is 4.55 Å². The Balaban J connectivity index is 2.53. The van der Waals surface area contributed by atoms with Gasteiger partial charge >= 0.3 is 0 Å². The Morgan fingerprint density at radius 1 is 0.762 bits per heavy atom. The second-order valence-corrected chi connectivity index (χ2v) is 9.26. The molecule has 1 N–H and O–H groups in total. The molecular formula is C17H34O3S. The van der Waals surface area contributed by atoms with Crippen LogP contribution in [0.5, 0.6) is 0 Å². The van der Waals surface area contributed by atoms with Crippen molar-refractivity contribution in [1.29, 1.82) is 0 Å². The minimum atomic E-state index is -3.87. The fourth-order valence-corrected chi connectivity index (χ4v) is 4.33. The Labute approximate surface area is 131 Å². The van der Waals surface area contributed by atoms with E-state index in [1.54, 1.807) is 0 Å². The first-order valence-corrected chi connectivity index (χ1v) is 10.3. The van der Waals surface area contributed by atoms with Crippen LogP contribution in [-0.2, 0) is 10.1 Å². The minimum absolute atomic E-state index is 0.369. The van der Waals surface area contributed by atoms with Crippen LogP contribution in [0.15, 0.2) is 0 Å². The van der Waals surface area contributed by atoms with E-state index in [4.69, 9.17) is 0 Å². The van der Waals surface area contributed by atoms with Crippen LogP contribution >= 0.6 is 0 Å². The average molecular weight is 319 g/mol. The van der Waals surface area contributed by atoms with Crippen molar-refractivity contribution in [3.05, 3.63) is 0 Å². The highest BCUT2D eigenvalue weighted by atomic mass is 32.2. The standard InChI is InChI=1S/C17H34O3S/c1-17(2)14-10-7-5-3-4-6-8-12-16(21(18,19)20)13-9-11-15-17/h16H,3-15H2,1-2H3,(H,18,19,20). The summed E-state index contributed by atoms with van der Waals surface area (Å²) in [5.74, 6) is 0. The lowest BCUT2D eigenvalue weighted by molar-refractivity contribution is 0.282. The SMILES string of the molecule is CC1(C)CCCCCCCCCC(S(=O)(=O)O)CCCC1. The van der Waals surface area contributed by atoms with Gasteiger partial charge in [0, 0.05) is 0 Å². The zero-order valence-electron chi connectivity index (χ0n) is 13.9. The molecule has 0 heterocycles. The monoisotopic (exact) mass is 318 g/mol. The molecule has 1 aliphatic rings. The van der Waals surface area contributed by atoms with Gasteiger partial charge in [0.05, 0.1) is 5.25 Å². The Morgan fingerprint density at radius 3 is 1.67 bits per heavy atom. The molecule has 0 radical (unpaired) electrons. The minimum Gasteiger partial charge on any atom is -0.285 e. The molecule has 0 aliphatic heterocycles. The quantitative estimate of drug-likeness (QED) is 0.663. The van der Waals surface area contributed by atoms with Gasteiger partial charge in [0.15, 0.2) is 0 Å². The number of hydrogen-bond acceptors (Lipinski definition) is 2. The summed E-state index contributed by atoms with van der Waals surface area (Å²) in [5, 5.41) is -0.536. The van der Waals surface area contributed by atoms with Crippen LogP contribution in [0, 0.1) is 5.41 Å². The predicted molar refractivity (Wildman–Crippen MR) is 89.1 cm³/mol. The maximum atomic E-state index is 11.5. The van der Waals surface area contributed by atoms with Crippen molar-refractivity contribution < 1.29 is 13.0 Å². The fraction of sp³-hybridized carbons (Fsp3) is 1.00. The van der Waals surface area contributed by atoms with Gasteiger partial charge in [-0.15, -0.1) is 0 Å². The maximum absolute atomic E-state index is 11.5. The smallest absolute Gasteiger partial charge is 0.267 e. The van der Waals surface area contributed by atoms with E-state index in [9.17, 15) is 13.0 Å². The zero-order chi connectivity index (χ0) is 15.8.